The lowest BCUT2D eigenvalue weighted by molar-refractivity contribution is 0.0993. The van der Waals surface area contributed by atoms with Gasteiger partial charge in [-0.2, -0.15) is 5.26 Å². The van der Waals surface area contributed by atoms with Crippen LogP contribution in [-0.4, -0.2) is 17.9 Å². The topological polar surface area (TPSA) is 57.0 Å². The van der Waals surface area contributed by atoms with E-state index in [4.69, 9.17) is 5.26 Å². The molecule has 1 amide bonds. The van der Waals surface area contributed by atoms with E-state index in [1.807, 2.05) is 19.1 Å². The van der Waals surface area contributed by atoms with Gasteiger partial charge in [0.25, 0.3) is 5.91 Å². The zero-order valence-corrected chi connectivity index (χ0v) is 11.5. The standard InChI is InChI=1S/C16H15N3O/c1-12-10-15(7-9-18-12)19(2)16(20)14-5-3-4-13(11-14)6-8-17/h3-5,7,9-11H,6H2,1-2H3. The van der Waals surface area contributed by atoms with Gasteiger partial charge in [-0.25, -0.2) is 0 Å². The summed E-state index contributed by atoms with van der Waals surface area (Å²) in [6, 6.07) is 12.9. The highest BCUT2D eigenvalue weighted by atomic mass is 16.2. The molecule has 4 heteroatoms. The number of aryl methyl sites for hydroxylation is 1. The minimum absolute atomic E-state index is 0.101. The van der Waals surface area contributed by atoms with Crippen molar-refractivity contribution in [2.45, 2.75) is 13.3 Å². The van der Waals surface area contributed by atoms with Gasteiger partial charge in [0.15, 0.2) is 0 Å². The van der Waals surface area contributed by atoms with Crippen molar-refractivity contribution in [3.63, 3.8) is 0 Å². The second-order valence-electron chi connectivity index (χ2n) is 4.55. The summed E-state index contributed by atoms with van der Waals surface area (Å²) in [6.07, 6.45) is 1.99. The third kappa shape index (κ3) is 3.01. The molecule has 0 aliphatic heterocycles. The first kappa shape index (κ1) is 13.8. The molecule has 0 N–H and O–H groups in total. The number of rotatable bonds is 3. The number of carbonyl (C=O) groups excluding carboxylic acids is 1. The molecule has 1 aromatic heterocycles. The van der Waals surface area contributed by atoms with Crippen molar-refractivity contribution in [3.05, 3.63) is 59.4 Å². The van der Waals surface area contributed by atoms with Gasteiger partial charge in [-0.1, -0.05) is 12.1 Å². The van der Waals surface area contributed by atoms with Crippen LogP contribution in [0.4, 0.5) is 5.69 Å². The summed E-state index contributed by atoms with van der Waals surface area (Å²) < 4.78 is 0. The fourth-order valence-corrected chi connectivity index (χ4v) is 1.96. The van der Waals surface area contributed by atoms with E-state index in [1.165, 1.54) is 0 Å². The predicted molar refractivity (Wildman–Crippen MR) is 77.5 cm³/mol. The van der Waals surface area contributed by atoms with E-state index in [-0.39, 0.29) is 5.91 Å². The van der Waals surface area contributed by atoms with Crippen molar-refractivity contribution in [2.24, 2.45) is 0 Å². The minimum atomic E-state index is -0.101. The Kier molecular flexibility index (Phi) is 4.11. The maximum absolute atomic E-state index is 12.4. The molecule has 1 aromatic carbocycles. The van der Waals surface area contributed by atoms with Crippen LogP contribution in [0.15, 0.2) is 42.6 Å². The lowest BCUT2D eigenvalue weighted by Crippen LogP contribution is -2.26. The van der Waals surface area contributed by atoms with Crippen molar-refractivity contribution in [2.75, 3.05) is 11.9 Å². The van der Waals surface area contributed by atoms with Gasteiger partial charge in [0, 0.05) is 30.2 Å². The summed E-state index contributed by atoms with van der Waals surface area (Å²) >= 11 is 0. The molecule has 0 unspecified atom stereocenters. The van der Waals surface area contributed by atoms with Gasteiger partial charge < -0.3 is 4.90 Å². The number of nitriles is 1. The van der Waals surface area contributed by atoms with E-state index < -0.39 is 0 Å². The molecule has 2 rings (SSSR count). The monoisotopic (exact) mass is 265 g/mol. The molecule has 0 atom stereocenters. The average Bonchev–Trinajstić information content (AvgIpc) is 2.46. The van der Waals surface area contributed by atoms with Crippen molar-refractivity contribution >= 4 is 11.6 Å². The van der Waals surface area contributed by atoms with Crippen LogP contribution in [0.2, 0.25) is 0 Å². The van der Waals surface area contributed by atoms with Gasteiger partial charge in [-0.3, -0.25) is 9.78 Å². The molecule has 20 heavy (non-hydrogen) atoms. The maximum Gasteiger partial charge on any atom is 0.258 e. The number of nitrogens with zero attached hydrogens (tertiary/aromatic N) is 3. The lowest BCUT2D eigenvalue weighted by atomic mass is 10.1. The molecule has 0 fully saturated rings. The Balaban J connectivity index is 2.27. The third-order valence-electron chi connectivity index (χ3n) is 3.03. The fourth-order valence-electron chi connectivity index (χ4n) is 1.96. The van der Waals surface area contributed by atoms with Crippen molar-refractivity contribution in [3.8, 4) is 6.07 Å². The number of carbonyl (C=O) groups is 1. The number of benzene rings is 1. The third-order valence-corrected chi connectivity index (χ3v) is 3.03. The molecule has 0 saturated heterocycles. The normalized spacial score (nSPS) is 9.85. The van der Waals surface area contributed by atoms with Crippen LogP contribution < -0.4 is 4.90 Å². The van der Waals surface area contributed by atoms with Crippen LogP contribution in [-0.2, 0) is 6.42 Å². The first-order valence-corrected chi connectivity index (χ1v) is 6.28. The first-order valence-electron chi connectivity index (χ1n) is 6.28. The molecular weight excluding hydrogens is 250 g/mol. The maximum atomic E-state index is 12.4. The number of aromatic nitrogens is 1. The molecule has 0 saturated carbocycles. The quantitative estimate of drug-likeness (QED) is 0.857. The summed E-state index contributed by atoms with van der Waals surface area (Å²) in [7, 11) is 1.73. The molecule has 0 spiro atoms. The zero-order valence-electron chi connectivity index (χ0n) is 11.5. The van der Waals surface area contributed by atoms with Crippen molar-refractivity contribution < 1.29 is 4.79 Å². The van der Waals surface area contributed by atoms with E-state index in [1.54, 1.807) is 42.4 Å². The Morgan fingerprint density at radius 3 is 2.85 bits per heavy atom. The van der Waals surface area contributed by atoms with Crippen LogP contribution in [0.3, 0.4) is 0 Å². The van der Waals surface area contributed by atoms with Crippen molar-refractivity contribution in [1.82, 2.24) is 4.98 Å². The number of anilines is 1. The Labute approximate surface area is 118 Å². The summed E-state index contributed by atoms with van der Waals surface area (Å²) in [5, 5.41) is 8.71. The van der Waals surface area contributed by atoms with Crippen molar-refractivity contribution in [1.29, 1.82) is 5.26 Å². The van der Waals surface area contributed by atoms with Crippen LogP contribution in [0.1, 0.15) is 21.6 Å². The molecule has 1 heterocycles. The molecule has 0 aliphatic carbocycles. The predicted octanol–water partition coefficient (Wildman–Crippen LogP) is 2.73. The second kappa shape index (κ2) is 5.98. The summed E-state index contributed by atoms with van der Waals surface area (Å²) in [4.78, 5) is 18.1. The Morgan fingerprint density at radius 2 is 2.15 bits per heavy atom. The largest absolute Gasteiger partial charge is 0.311 e. The molecule has 2 aromatic rings. The zero-order chi connectivity index (χ0) is 14.5. The summed E-state index contributed by atoms with van der Waals surface area (Å²) in [5.74, 6) is -0.101. The van der Waals surface area contributed by atoms with E-state index >= 15 is 0 Å². The number of amides is 1. The number of hydrogen-bond acceptors (Lipinski definition) is 3. The SMILES string of the molecule is Cc1cc(N(C)C(=O)c2cccc(CC#N)c2)ccn1. The smallest absolute Gasteiger partial charge is 0.258 e. The second-order valence-corrected chi connectivity index (χ2v) is 4.55. The Morgan fingerprint density at radius 1 is 1.35 bits per heavy atom. The molecule has 0 bridgehead atoms. The average molecular weight is 265 g/mol. The highest BCUT2D eigenvalue weighted by Crippen LogP contribution is 2.16. The van der Waals surface area contributed by atoms with E-state index in [0.717, 1.165) is 16.9 Å². The van der Waals surface area contributed by atoms with Crippen LogP contribution in [0.25, 0.3) is 0 Å². The Hall–Kier alpha value is -2.67. The van der Waals surface area contributed by atoms with Crippen LogP contribution in [0.5, 0.6) is 0 Å². The number of hydrogen-bond donors (Lipinski definition) is 0. The minimum Gasteiger partial charge on any atom is -0.311 e. The molecular formula is C16H15N3O. The van der Waals surface area contributed by atoms with Gasteiger partial charge in [-0.05, 0) is 36.8 Å². The van der Waals surface area contributed by atoms with Gasteiger partial charge in [0.2, 0.25) is 0 Å². The lowest BCUT2D eigenvalue weighted by Gasteiger charge is -2.18. The van der Waals surface area contributed by atoms with E-state index in [2.05, 4.69) is 11.1 Å². The first-order chi connectivity index (χ1) is 9.61. The molecule has 0 aliphatic rings. The highest BCUT2D eigenvalue weighted by Gasteiger charge is 2.14. The van der Waals surface area contributed by atoms with Gasteiger partial charge in [0.1, 0.15) is 0 Å². The Bertz CT molecular complexity index is 673. The van der Waals surface area contributed by atoms with Gasteiger partial charge in [-0.15, -0.1) is 0 Å². The molecule has 100 valence electrons. The van der Waals surface area contributed by atoms with Crippen LogP contribution >= 0.6 is 0 Å². The molecule has 4 nitrogen and oxygen atoms in total. The van der Waals surface area contributed by atoms with Crippen LogP contribution in [0, 0.1) is 18.3 Å². The highest BCUT2D eigenvalue weighted by molar-refractivity contribution is 6.05. The van der Waals surface area contributed by atoms with Gasteiger partial charge >= 0.3 is 0 Å². The summed E-state index contributed by atoms with van der Waals surface area (Å²) in [6.45, 7) is 1.88. The number of pyridine rings is 1. The van der Waals surface area contributed by atoms with Gasteiger partial charge in [0.05, 0.1) is 12.5 Å². The summed E-state index contributed by atoms with van der Waals surface area (Å²) in [5.41, 5.74) is 3.08. The fraction of sp³-hybridized carbons (Fsp3) is 0.188. The van der Waals surface area contributed by atoms with E-state index in [9.17, 15) is 4.79 Å². The molecule has 0 radical (unpaired) electrons. The van der Waals surface area contributed by atoms with E-state index in [0.29, 0.717) is 12.0 Å².